The Morgan fingerprint density at radius 2 is 0.905 bits per heavy atom. The minimum atomic E-state index is 0.880. The number of aromatic nitrogens is 1. The van der Waals surface area contributed by atoms with E-state index in [0.717, 1.165) is 50.3 Å². The minimum Gasteiger partial charge on any atom is -0.456 e. The largest absolute Gasteiger partial charge is 0.456 e. The molecule has 0 amide bonds. The lowest BCUT2D eigenvalue weighted by atomic mass is 9.93. The SMILES string of the molecule is c1ccc(-n2c3cc(-c4ccc(N(c5ccc(-c6cc7ccccc7c7ccccc67)cc5)c5ccc6oc7ccccc7c6c5)cc4)ccc3c3ccc4ccccc4c32)cc1. The van der Waals surface area contributed by atoms with Crippen LogP contribution in [0.4, 0.5) is 17.1 Å². The van der Waals surface area contributed by atoms with Gasteiger partial charge in [-0.3, -0.25) is 0 Å². The molecule has 0 saturated heterocycles. The van der Waals surface area contributed by atoms with Crippen molar-refractivity contribution in [3.05, 3.63) is 231 Å². The Kier molecular flexibility index (Phi) is 7.91. The van der Waals surface area contributed by atoms with Gasteiger partial charge in [0, 0.05) is 49.7 Å². The first-order valence-corrected chi connectivity index (χ1v) is 21.6. The van der Waals surface area contributed by atoms with Crippen LogP contribution in [0.2, 0.25) is 0 Å². The van der Waals surface area contributed by atoms with Crippen molar-refractivity contribution >= 4 is 93.1 Å². The maximum absolute atomic E-state index is 6.28. The molecule has 0 aliphatic heterocycles. The summed E-state index contributed by atoms with van der Waals surface area (Å²) in [6.45, 7) is 0. The van der Waals surface area contributed by atoms with Crippen molar-refractivity contribution in [3.8, 4) is 27.9 Å². The van der Waals surface area contributed by atoms with Crippen molar-refractivity contribution in [2.24, 2.45) is 0 Å². The fourth-order valence-corrected chi connectivity index (χ4v) is 9.99. The monoisotopic (exact) mass is 802 g/mol. The standard InChI is InChI=1S/C60H38N2O/c1-2-14-44(15-3-1)62-57-37-42(27-33-52(57)54-34-26-40-12-4-7-17-49(40)60(54)62)39-22-28-45(29-23-39)61(47-32-35-59-56(38-47)53-20-10-11-21-58(53)63-59)46-30-24-41(25-31-46)55-36-43-13-5-6-16-48(43)50-18-8-9-19-51(50)55/h1-38H. The lowest BCUT2D eigenvalue weighted by molar-refractivity contribution is 0.669. The van der Waals surface area contributed by atoms with Gasteiger partial charge in [0.15, 0.2) is 0 Å². The van der Waals surface area contributed by atoms with Crippen LogP contribution in [0, 0.1) is 0 Å². The number of nitrogens with zero attached hydrogens (tertiary/aromatic N) is 2. The third kappa shape index (κ3) is 5.67. The molecule has 0 N–H and O–H groups in total. The van der Waals surface area contributed by atoms with Crippen molar-refractivity contribution in [3.63, 3.8) is 0 Å². The molecule has 0 aliphatic rings. The Morgan fingerprint density at radius 1 is 0.317 bits per heavy atom. The van der Waals surface area contributed by atoms with E-state index in [1.54, 1.807) is 0 Å². The Morgan fingerprint density at radius 3 is 1.70 bits per heavy atom. The van der Waals surface area contributed by atoms with Gasteiger partial charge in [-0.05, 0) is 122 Å². The van der Waals surface area contributed by atoms with E-state index in [4.69, 9.17) is 4.42 Å². The van der Waals surface area contributed by atoms with Crippen LogP contribution in [0.5, 0.6) is 0 Å². The number of anilines is 3. The summed E-state index contributed by atoms with van der Waals surface area (Å²) < 4.78 is 8.72. The molecular weight excluding hydrogens is 765 g/mol. The molecule has 2 heterocycles. The highest BCUT2D eigenvalue weighted by molar-refractivity contribution is 6.19. The first-order chi connectivity index (χ1) is 31.2. The van der Waals surface area contributed by atoms with E-state index in [2.05, 4.69) is 228 Å². The molecule has 11 aromatic carbocycles. The molecule has 3 heteroatoms. The molecule has 0 atom stereocenters. The van der Waals surface area contributed by atoms with E-state index in [-0.39, 0.29) is 0 Å². The number of hydrogen-bond donors (Lipinski definition) is 0. The first kappa shape index (κ1) is 35.4. The van der Waals surface area contributed by atoms with Crippen LogP contribution in [-0.2, 0) is 0 Å². The molecule has 0 radical (unpaired) electrons. The van der Waals surface area contributed by atoms with Gasteiger partial charge >= 0.3 is 0 Å². The second-order valence-corrected chi connectivity index (χ2v) is 16.5. The van der Waals surface area contributed by atoms with Gasteiger partial charge in [0.05, 0.1) is 11.0 Å². The smallest absolute Gasteiger partial charge is 0.135 e. The van der Waals surface area contributed by atoms with Crippen molar-refractivity contribution < 1.29 is 4.42 Å². The summed E-state index contributed by atoms with van der Waals surface area (Å²) in [6, 6.07) is 83.6. The van der Waals surface area contributed by atoms with Crippen molar-refractivity contribution in [2.75, 3.05) is 4.90 Å². The van der Waals surface area contributed by atoms with Crippen molar-refractivity contribution in [2.45, 2.75) is 0 Å². The van der Waals surface area contributed by atoms with E-state index in [9.17, 15) is 0 Å². The van der Waals surface area contributed by atoms with Gasteiger partial charge in [-0.1, -0.05) is 158 Å². The quantitative estimate of drug-likeness (QED) is 0.156. The third-order valence-corrected chi connectivity index (χ3v) is 12.9. The van der Waals surface area contributed by atoms with Crippen molar-refractivity contribution in [1.29, 1.82) is 0 Å². The Labute approximate surface area is 363 Å². The van der Waals surface area contributed by atoms with Gasteiger partial charge in [0.2, 0.25) is 0 Å². The second kappa shape index (κ2) is 14.1. The Balaban J connectivity index is 0.944. The van der Waals surface area contributed by atoms with E-state index in [0.29, 0.717) is 0 Å². The first-order valence-electron chi connectivity index (χ1n) is 21.6. The average Bonchev–Trinajstić information content (AvgIpc) is 3.90. The summed E-state index contributed by atoms with van der Waals surface area (Å²) in [5, 5.41) is 12.2. The number of rotatable bonds is 6. The summed E-state index contributed by atoms with van der Waals surface area (Å²) in [7, 11) is 0. The van der Waals surface area contributed by atoms with E-state index >= 15 is 0 Å². The summed E-state index contributed by atoms with van der Waals surface area (Å²) in [6.07, 6.45) is 0. The highest BCUT2D eigenvalue weighted by atomic mass is 16.3. The minimum absolute atomic E-state index is 0.880. The molecule has 294 valence electrons. The number of fused-ring (bicyclic) bond motifs is 11. The molecule has 13 rings (SSSR count). The lowest BCUT2D eigenvalue weighted by Gasteiger charge is -2.26. The molecule has 0 saturated carbocycles. The summed E-state index contributed by atoms with van der Waals surface area (Å²) >= 11 is 0. The summed E-state index contributed by atoms with van der Waals surface area (Å²) in [4.78, 5) is 2.36. The van der Waals surface area contributed by atoms with Crippen LogP contribution >= 0.6 is 0 Å². The number of furan rings is 1. The third-order valence-electron chi connectivity index (χ3n) is 12.9. The fourth-order valence-electron chi connectivity index (χ4n) is 9.99. The molecule has 0 aliphatic carbocycles. The number of para-hydroxylation sites is 2. The molecule has 0 bridgehead atoms. The average molecular weight is 803 g/mol. The maximum Gasteiger partial charge on any atom is 0.135 e. The number of hydrogen-bond acceptors (Lipinski definition) is 2. The zero-order chi connectivity index (χ0) is 41.4. The Hall–Kier alpha value is -8.40. The van der Waals surface area contributed by atoms with Crippen LogP contribution in [-0.4, -0.2) is 4.57 Å². The van der Waals surface area contributed by atoms with Crippen LogP contribution < -0.4 is 4.90 Å². The molecule has 0 spiro atoms. The Bertz CT molecular complexity index is 3900. The predicted molar refractivity (Wildman–Crippen MR) is 266 cm³/mol. The predicted octanol–water partition coefficient (Wildman–Crippen LogP) is 16.9. The zero-order valence-corrected chi connectivity index (χ0v) is 34.2. The second-order valence-electron chi connectivity index (χ2n) is 16.5. The van der Waals surface area contributed by atoms with E-state index < -0.39 is 0 Å². The van der Waals surface area contributed by atoms with E-state index in [1.165, 1.54) is 70.8 Å². The molecule has 63 heavy (non-hydrogen) atoms. The molecule has 3 nitrogen and oxygen atoms in total. The fraction of sp³-hybridized carbons (Fsp3) is 0. The number of benzene rings is 11. The van der Waals surface area contributed by atoms with Gasteiger partial charge in [-0.15, -0.1) is 0 Å². The van der Waals surface area contributed by atoms with Gasteiger partial charge < -0.3 is 13.9 Å². The van der Waals surface area contributed by atoms with Crippen LogP contribution in [0.15, 0.2) is 235 Å². The molecule has 0 unspecified atom stereocenters. The zero-order valence-electron chi connectivity index (χ0n) is 34.2. The molecule has 0 fully saturated rings. The maximum atomic E-state index is 6.28. The van der Waals surface area contributed by atoms with Crippen LogP contribution in [0.25, 0.3) is 104 Å². The summed E-state index contributed by atoms with van der Waals surface area (Å²) in [5.41, 5.74) is 13.3. The van der Waals surface area contributed by atoms with E-state index in [1.807, 2.05) is 12.1 Å². The highest BCUT2D eigenvalue weighted by Crippen LogP contribution is 2.43. The van der Waals surface area contributed by atoms with Gasteiger partial charge in [-0.2, -0.15) is 0 Å². The highest BCUT2D eigenvalue weighted by Gasteiger charge is 2.19. The lowest BCUT2D eigenvalue weighted by Crippen LogP contribution is -2.09. The van der Waals surface area contributed by atoms with Crippen LogP contribution in [0.1, 0.15) is 0 Å². The molecule has 13 aromatic rings. The van der Waals surface area contributed by atoms with Gasteiger partial charge in [0.25, 0.3) is 0 Å². The van der Waals surface area contributed by atoms with Gasteiger partial charge in [-0.25, -0.2) is 0 Å². The molecule has 2 aromatic heterocycles. The van der Waals surface area contributed by atoms with Gasteiger partial charge in [0.1, 0.15) is 11.2 Å². The summed E-state index contributed by atoms with van der Waals surface area (Å²) in [5.74, 6) is 0. The van der Waals surface area contributed by atoms with Crippen molar-refractivity contribution in [1.82, 2.24) is 4.57 Å². The molecular formula is C60H38N2O. The van der Waals surface area contributed by atoms with Crippen LogP contribution in [0.3, 0.4) is 0 Å². The topological polar surface area (TPSA) is 21.3 Å². The normalized spacial score (nSPS) is 11.8.